The molecule has 0 aliphatic carbocycles. The minimum absolute atomic E-state index is 0.199. The van der Waals surface area contributed by atoms with Crippen molar-refractivity contribution in [2.75, 3.05) is 4.72 Å². The standard InChI is InChI=1S/C25H21N5O3S/c1-17-18(2)30(16-26-17)24-13-14-25(28-27-24)33-22-10-8-21(9-11-22)29-34(31,32)23-12-7-19-5-3-4-6-20(19)15-23/h3-16,29H,1-2H3. The molecule has 34 heavy (non-hydrogen) atoms. The highest BCUT2D eigenvalue weighted by Crippen LogP contribution is 2.25. The van der Waals surface area contributed by atoms with Crippen molar-refractivity contribution < 1.29 is 13.2 Å². The van der Waals surface area contributed by atoms with E-state index in [0.717, 1.165) is 22.2 Å². The molecule has 3 aromatic carbocycles. The van der Waals surface area contributed by atoms with Crippen molar-refractivity contribution in [1.29, 1.82) is 0 Å². The average molecular weight is 472 g/mol. The van der Waals surface area contributed by atoms with Crippen LogP contribution in [0.25, 0.3) is 16.6 Å². The molecule has 0 radical (unpaired) electrons. The second-order valence-electron chi connectivity index (χ2n) is 7.76. The number of aromatic nitrogens is 4. The number of hydrogen-bond donors (Lipinski definition) is 1. The smallest absolute Gasteiger partial charge is 0.261 e. The van der Waals surface area contributed by atoms with Crippen molar-refractivity contribution in [3.8, 4) is 17.4 Å². The van der Waals surface area contributed by atoms with Gasteiger partial charge in [-0.15, -0.1) is 10.2 Å². The molecule has 2 aromatic heterocycles. The Bertz CT molecular complexity index is 1580. The lowest BCUT2D eigenvalue weighted by Crippen LogP contribution is -2.12. The summed E-state index contributed by atoms with van der Waals surface area (Å²) in [6, 6.07) is 22.8. The van der Waals surface area contributed by atoms with Gasteiger partial charge in [0.05, 0.1) is 10.6 Å². The van der Waals surface area contributed by atoms with E-state index >= 15 is 0 Å². The maximum absolute atomic E-state index is 12.8. The van der Waals surface area contributed by atoms with E-state index in [0.29, 0.717) is 23.1 Å². The molecule has 1 N–H and O–H groups in total. The molecule has 2 heterocycles. The second-order valence-corrected chi connectivity index (χ2v) is 9.44. The molecule has 8 nitrogen and oxygen atoms in total. The number of rotatable bonds is 6. The first-order valence-corrected chi connectivity index (χ1v) is 12.0. The van der Waals surface area contributed by atoms with E-state index in [1.165, 1.54) is 0 Å². The molecular formula is C25H21N5O3S. The molecular weight excluding hydrogens is 450 g/mol. The molecule has 5 rings (SSSR count). The Morgan fingerprint density at radius 2 is 1.62 bits per heavy atom. The van der Waals surface area contributed by atoms with Crippen LogP contribution in [0.3, 0.4) is 0 Å². The number of nitrogens with zero attached hydrogens (tertiary/aromatic N) is 4. The number of imidazole rings is 1. The molecule has 0 fully saturated rings. The highest BCUT2D eigenvalue weighted by molar-refractivity contribution is 7.92. The predicted molar refractivity (Wildman–Crippen MR) is 130 cm³/mol. The molecule has 5 aromatic rings. The second kappa shape index (κ2) is 8.60. The number of hydrogen-bond acceptors (Lipinski definition) is 6. The van der Waals surface area contributed by atoms with Gasteiger partial charge in [-0.3, -0.25) is 9.29 Å². The zero-order chi connectivity index (χ0) is 23.7. The van der Waals surface area contributed by atoms with Crippen LogP contribution in [0.5, 0.6) is 11.6 Å². The fourth-order valence-electron chi connectivity index (χ4n) is 3.49. The van der Waals surface area contributed by atoms with Gasteiger partial charge in [0, 0.05) is 17.4 Å². The molecule has 170 valence electrons. The van der Waals surface area contributed by atoms with Crippen molar-refractivity contribution in [1.82, 2.24) is 19.7 Å². The van der Waals surface area contributed by atoms with Crippen LogP contribution in [0.1, 0.15) is 11.4 Å². The predicted octanol–water partition coefficient (Wildman–Crippen LogP) is 5.03. The van der Waals surface area contributed by atoms with Crippen LogP contribution in [-0.2, 0) is 10.0 Å². The van der Waals surface area contributed by atoms with E-state index in [-0.39, 0.29) is 4.90 Å². The van der Waals surface area contributed by atoms with Gasteiger partial charge in [-0.2, -0.15) is 0 Å². The van der Waals surface area contributed by atoms with Crippen LogP contribution < -0.4 is 9.46 Å². The topological polar surface area (TPSA) is 99.0 Å². The Kier molecular flexibility index (Phi) is 5.46. The van der Waals surface area contributed by atoms with Crippen molar-refractivity contribution in [2.24, 2.45) is 0 Å². The molecule has 0 bridgehead atoms. The highest BCUT2D eigenvalue weighted by Gasteiger charge is 2.15. The first-order valence-electron chi connectivity index (χ1n) is 10.5. The zero-order valence-corrected chi connectivity index (χ0v) is 19.3. The van der Waals surface area contributed by atoms with Crippen molar-refractivity contribution in [3.05, 3.63) is 96.6 Å². The van der Waals surface area contributed by atoms with Gasteiger partial charge in [-0.25, -0.2) is 13.4 Å². The maximum atomic E-state index is 12.8. The van der Waals surface area contributed by atoms with Crippen LogP contribution >= 0.6 is 0 Å². The highest BCUT2D eigenvalue weighted by atomic mass is 32.2. The number of fused-ring (bicyclic) bond motifs is 1. The van der Waals surface area contributed by atoms with Crippen LogP contribution in [0.15, 0.2) is 90.1 Å². The molecule has 0 spiro atoms. The number of anilines is 1. The Morgan fingerprint density at radius 1 is 0.853 bits per heavy atom. The summed E-state index contributed by atoms with van der Waals surface area (Å²) in [7, 11) is -3.73. The Labute approximate surface area is 196 Å². The molecule has 0 saturated carbocycles. The largest absolute Gasteiger partial charge is 0.438 e. The van der Waals surface area contributed by atoms with Gasteiger partial charge in [0.15, 0.2) is 5.82 Å². The molecule has 0 aliphatic heterocycles. The lowest BCUT2D eigenvalue weighted by atomic mass is 10.1. The van der Waals surface area contributed by atoms with Gasteiger partial charge >= 0.3 is 0 Å². The van der Waals surface area contributed by atoms with E-state index < -0.39 is 10.0 Å². The first kappa shape index (κ1) is 21.6. The summed E-state index contributed by atoms with van der Waals surface area (Å²) in [5.41, 5.74) is 2.34. The van der Waals surface area contributed by atoms with E-state index in [1.807, 2.05) is 42.7 Å². The van der Waals surface area contributed by atoms with Gasteiger partial charge in [0.1, 0.15) is 12.1 Å². The molecule has 0 unspecified atom stereocenters. The van der Waals surface area contributed by atoms with E-state index in [1.54, 1.807) is 60.9 Å². The van der Waals surface area contributed by atoms with Gasteiger partial charge in [0.25, 0.3) is 10.0 Å². The monoisotopic (exact) mass is 471 g/mol. The Hall–Kier alpha value is -4.24. The van der Waals surface area contributed by atoms with Crippen molar-refractivity contribution in [2.45, 2.75) is 18.7 Å². The summed E-state index contributed by atoms with van der Waals surface area (Å²) in [6.45, 7) is 3.90. The quantitative estimate of drug-likeness (QED) is 0.373. The van der Waals surface area contributed by atoms with Crippen molar-refractivity contribution >= 4 is 26.5 Å². The van der Waals surface area contributed by atoms with Gasteiger partial charge in [-0.1, -0.05) is 30.3 Å². The summed E-state index contributed by atoms with van der Waals surface area (Å²) in [4.78, 5) is 4.46. The molecule has 0 amide bonds. The molecule has 0 aliphatic rings. The summed E-state index contributed by atoms with van der Waals surface area (Å²) < 4.78 is 35.9. The SMILES string of the molecule is Cc1ncn(-c2ccc(Oc3ccc(NS(=O)(=O)c4ccc5ccccc5c4)cc3)nn2)c1C. The number of nitrogens with one attached hydrogen (secondary N) is 1. The van der Waals surface area contributed by atoms with E-state index in [2.05, 4.69) is 19.9 Å². The van der Waals surface area contributed by atoms with Gasteiger partial charge in [-0.05, 0) is 67.1 Å². The lowest BCUT2D eigenvalue weighted by molar-refractivity contribution is 0.454. The van der Waals surface area contributed by atoms with E-state index in [4.69, 9.17) is 4.74 Å². The minimum atomic E-state index is -3.73. The lowest BCUT2D eigenvalue weighted by Gasteiger charge is -2.10. The van der Waals surface area contributed by atoms with Crippen molar-refractivity contribution in [3.63, 3.8) is 0 Å². The minimum Gasteiger partial charge on any atom is -0.438 e. The number of sulfonamides is 1. The maximum Gasteiger partial charge on any atom is 0.261 e. The summed E-state index contributed by atoms with van der Waals surface area (Å²) in [5, 5.41) is 10.2. The summed E-state index contributed by atoms with van der Waals surface area (Å²) >= 11 is 0. The number of benzene rings is 3. The zero-order valence-electron chi connectivity index (χ0n) is 18.5. The fourth-order valence-corrected chi connectivity index (χ4v) is 4.58. The summed E-state index contributed by atoms with van der Waals surface area (Å²) in [5.74, 6) is 1.47. The van der Waals surface area contributed by atoms with E-state index in [9.17, 15) is 8.42 Å². The van der Waals surface area contributed by atoms with Crippen LogP contribution in [0, 0.1) is 13.8 Å². The van der Waals surface area contributed by atoms with Crippen LogP contribution in [0.4, 0.5) is 5.69 Å². The molecule has 0 saturated heterocycles. The Morgan fingerprint density at radius 3 is 2.29 bits per heavy atom. The molecule has 9 heteroatoms. The van der Waals surface area contributed by atoms with Gasteiger partial charge in [0.2, 0.25) is 5.88 Å². The van der Waals surface area contributed by atoms with Gasteiger partial charge < -0.3 is 4.74 Å². The van der Waals surface area contributed by atoms with Crippen LogP contribution in [-0.4, -0.2) is 28.2 Å². The normalized spacial score (nSPS) is 11.5. The average Bonchev–Trinajstić information content (AvgIpc) is 3.18. The molecule has 0 atom stereocenters. The fraction of sp³-hybridized carbons (Fsp3) is 0.0800. The third-order valence-electron chi connectivity index (χ3n) is 5.48. The number of aryl methyl sites for hydroxylation is 1. The third-order valence-corrected chi connectivity index (χ3v) is 6.86. The number of ether oxygens (including phenoxy) is 1. The first-order chi connectivity index (χ1) is 16.4. The Balaban J connectivity index is 1.28. The van der Waals surface area contributed by atoms with Crippen LogP contribution in [0.2, 0.25) is 0 Å². The third kappa shape index (κ3) is 4.33. The summed E-state index contributed by atoms with van der Waals surface area (Å²) in [6.07, 6.45) is 1.70.